The third kappa shape index (κ3) is 2.79. The maximum absolute atomic E-state index is 13.8. The second-order valence-electron chi connectivity index (χ2n) is 5.56. The molecule has 0 spiro atoms. The summed E-state index contributed by atoms with van der Waals surface area (Å²) >= 11 is 0. The molecule has 0 aromatic heterocycles. The maximum Gasteiger partial charge on any atom is 0.126 e. The smallest absolute Gasteiger partial charge is 0.126 e. The first-order chi connectivity index (χ1) is 10.2. The molecular formula is C18H20FNO. The van der Waals surface area contributed by atoms with E-state index in [1.54, 1.807) is 19.2 Å². The zero-order valence-electron chi connectivity index (χ0n) is 12.4. The second-order valence-corrected chi connectivity index (χ2v) is 5.56. The van der Waals surface area contributed by atoms with Crippen LogP contribution >= 0.6 is 0 Å². The molecule has 0 heterocycles. The van der Waals surface area contributed by atoms with Gasteiger partial charge in [-0.15, -0.1) is 0 Å². The van der Waals surface area contributed by atoms with E-state index in [9.17, 15) is 4.39 Å². The van der Waals surface area contributed by atoms with Crippen LogP contribution < -0.4 is 10.1 Å². The highest BCUT2D eigenvalue weighted by atomic mass is 19.1. The van der Waals surface area contributed by atoms with E-state index in [0.717, 1.165) is 29.7 Å². The van der Waals surface area contributed by atoms with E-state index in [2.05, 4.69) is 24.4 Å². The largest absolute Gasteiger partial charge is 0.497 e. The Morgan fingerprint density at radius 2 is 1.95 bits per heavy atom. The van der Waals surface area contributed by atoms with Crippen molar-refractivity contribution in [2.24, 2.45) is 0 Å². The van der Waals surface area contributed by atoms with Crippen molar-refractivity contribution in [2.75, 3.05) is 7.11 Å². The molecule has 2 aromatic carbocycles. The number of hydrogen-bond acceptors (Lipinski definition) is 2. The van der Waals surface area contributed by atoms with E-state index in [1.807, 2.05) is 18.2 Å². The third-order valence-electron chi connectivity index (χ3n) is 4.28. The van der Waals surface area contributed by atoms with Gasteiger partial charge in [0.2, 0.25) is 0 Å². The lowest BCUT2D eigenvalue weighted by atomic mass is 10.0. The summed E-state index contributed by atoms with van der Waals surface area (Å²) in [6, 6.07) is 13.9. The molecule has 1 aliphatic carbocycles. The number of fused-ring (bicyclic) bond motifs is 1. The molecule has 3 rings (SSSR count). The van der Waals surface area contributed by atoms with Crippen LogP contribution in [0.5, 0.6) is 5.75 Å². The van der Waals surface area contributed by atoms with Gasteiger partial charge in [0.15, 0.2) is 0 Å². The van der Waals surface area contributed by atoms with Crippen molar-refractivity contribution < 1.29 is 9.13 Å². The van der Waals surface area contributed by atoms with Gasteiger partial charge < -0.3 is 10.1 Å². The molecule has 21 heavy (non-hydrogen) atoms. The third-order valence-corrected chi connectivity index (χ3v) is 4.28. The number of ether oxygens (including phenoxy) is 1. The lowest BCUT2D eigenvalue weighted by Gasteiger charge is -2.21. The highest BCUT2D eigenvalue weighted by Gasteiger charge is 2.25. The molecule has 1 N–H and O–H groups in total. The summed E-state index contributed by atoms with van der Waals surface area (Å²) in [5, 5.41) is 3.61. The summed E-state index contributed by atoms with van der Waals surface area (Å²) in [7, 11) is 1.67. The van der Waals surface area contributed by atoms with Crippen LogP contribution in [-0.2, 0) is 6.42 Å². The maximum atomic E-state index is 13.8. The average molecular weight is 285 g/mol. The zero-order valence-corrected chi connectivity index (χ0v) is 12.4. The van der Waals surface area contributed by atoms with Crippen molar-refractivity contribution in [3.8, 4) is 5.75 Å². The van der Waals surface area contributed by atoms with Gasteiger partial charge in [0.1, 0.15) is 11.6 Å². The molecule has 0 radical (unpaired) electrons. The summed E-state index contributed by atoms with van der Waals surface area (Å²) in [5.41, 5.74) is 3.19. The highest BCUT2D eigenvalue weighted by molar-refractivity contribution is 5.36. The zero-order chi connectivity index (χ0) is 14.8. The summed E-state index contributed by atoms with van der Waals surface area (Å²) in [5.74, 6) is 0.785. The van der Waals surface area contributed by atoms with Crippen LogP contribution in [0.2, 0.25) is 0 Å². The van der Waals surface area contributed by atoms with Gasteiger partial charge in [0.05, 0.1) is 7.11 Å². The topological polar surface area (TPSA) is 21.3 Å². The molecule has 1 unspecified atom stereocenters. The molecule has 0 bridgehead atoms. The van der Waals surface area contributed by atoms with Crippen LogP contribution in [0, 0.1) is 5.82 Å². The predicted octanol–water partition coefficient (Wildman–Crippen LogP) is 4.17. The first-order valence-electron chi connectivity index (χ1n) is 7.36. The molecular weight excluding hydrogens is 265 g/mol. The normalized spacial score (nSPS) is 18.3. The van der Waals surface area contributed by atoms with Gasteiger partial charge in [-0.25, -0.2) is 4.39 Å². The molecule has 2 aromatic rings. The molecule has 1 aliphatic rings. The Kier molecular flexibility index (Phi) is 3.93. The van der Waals surface area contributed by atoms with Crippen LogP contribution in [0.15, 0.2) is 42.5 Å². The first-order valence-corrected chi connectivity index (χ1v) is 7.36. The van der Waals surface area contributed by atoms with E-state index in [0.29, 0.717) is 0 Å². The summed E-state index contributed by atoms with van der Waals surface area (Å²) in [6.45, 7) is 2.14. The number of nitrogens with one attached hydrogen (secondary N) is 1. The number of hydrogen-bond donors (Lipinski definition) is 1. The Bertz CT molecular complexity index is 624. The lowest BCUT2D eigenvalue weighted by molar-refractivity contribution is 0.414. The Labute approximate surface area is 125 Å². The molecule has 0 amide bonds. The number of rotatable bonds is 4. The fourth-order valence-corrected chi connectivity index (χ4v) is 3.07. The van der Waals surface area contributed by atoms with Crippen molar-refractivity contribution in [1.29, 1.82) is 0 Å². The fraction of sp³-hybridized carbons (Fsp3) is 0.333. The van der Waals surface area contributed by atoms with E-state index < -0.39 is 0 Å². The van der Waals surface area contributed by atoms with Crippen LogP contribution in [0.3, 0.4) is 0 Å². The van der Waals surface area contributed by atoms with Crippen molar-refractivity contribution >= 4 is 0 Å². The molecule has 0 aliphatic heterocycles. The number of benzene rings is 2. The highest BCUT2D eigenvalue weighted by Crippen LogP contribution is 2.34. The molecule has 3 heteroatoms. The van der Waals surface area contributed by atoms with Crippen molar-refractivity contribution in [3.63, 3.8) is 0 Å². The average Bonchev–Trinajstić information content (AvgIpc) is 2.92. The predicted molar refractivity (Wildman–Crippen MR) is 82.0 cm³/mol. The minimum absolute atomic E-state index is 0.0751. The van der Waals surface area contributed by atoms with E-state index in [1.165, 1.54) is 5.56 Å². The SMILES string of the molecule is COc1ccc([C@@H](C)NC2CCc3c(F)cccc32)cc1. The molecule has 2 atom stereocenters. The molecule has 0 saturated carbocycles. The van der Waals surface area contributed by atoms with E-state index in [-0.39, 0.29) is 17.9 Å². The second kappa shape index (κ2) is 5.86. The Morgan fingerprint density at radius 3 is 2.67 bits per heavy atom. The summed E-state index contributed by atoms with van der Waals surface area (Å²) in [4.78, 5) is 0. The van der Waals surface area contributed by atoms with Crippen molar-refractivity contribution in [1.82, 2.24) is 5.32 Å². The lowest BCUT2D eigenvalue weighted by Crippen LogP contribution is -2.23. The van der Waals surface area contributed by atoms with Gasteiger partial charge in [-0.3, -0.25) is 0 Å². The van der Waals surface area contributed by atoms with Crippen LogP contribution in [0.4, 0.5) is 4.39 Å². The Morgan fingerprint density at radius 1 is 1.19 bits per heavy atom. The van der Waals surface area contributed by atoms with Gasteiger partial charge in [-0.05, 0) is 54.7 Å². The van der Waals surface area contributed by atoms with Gasteiger partial charge in [0.25, 0.3) is 0 Å². The van der Waals surface area contributed by atoms with Crippen LogP contribution in [0.25, 0.3) is 0 Å². The number of methoxy groups -OCH3 is 1. The van der Waals surface area contributed by atoms with E-state index >= 15 is 0 Å². The first kappa shape index (κ1) is 14.1. The molecule has 2 nitrogen and oxygen atoms in total. The number of halogens is 1. The van der Waals surface area contributed by atoms with Crippen molar-refractivity contribution in [3.05, 3.63) is 65.0 Å². The van der Waals surface area contributed by atoms with E-state index in [4.69, 9.17) is 4.74 Å². The Balaban J connectivity index is 1.74. The molecule has 110 valence electrons. The van der Waals surface area contributed by atoms with Crippen molar-refractivity contribution in [2.45, 2.75) is 31.8 Å². The molecule has 0 fully saturated rings. The summed E-state index contributed by atoms with van der Waals surface area (Å²) < 4.78 is 18.9. The fourth-order valence-electron chi connectivity index (χ4n) is 3.07. The van der Waals surface area contributed by atoms with Gasteiger partial charge in [-0.1, -0.05) is 24.3 Å². The quantitative estimate of drug-likeness (QED) is 0.910. The van der Waals surface area contributed by atoms with Gasteiger partial charge in [-0.2, -0.15) is 0 Å². The van der Waals surface area contributed by atoms with Crippen LogP contribution in [-0.4, -0.2) is 7.11 Å². The molecule has 0 saturated heterocycles. The minimum atomic E-state index is -0.0751. The summed E-state index contributed by atoms with van der Waals surface area (Å²) in [6.07, 6.45) is 1.77. The van der Waals surface area contributed by atoms with Crippen LogP contribution in [0.1, 0.15) is 42.1 Å². The monoisotopic (exact) mass is 285 g/mol. The Hall–Kier alpha value is -1.87. The van der Waals surface area contributed by atoms with Gasteiger partial charge in [0, 0.05) is 12.1 Å². The minimum Gasteiger partial charge on any atom is -0.497 e. The standard InChI is InChI=1S/C18H20FNO/c1-12(13-6-8-14(21-2)9-7-13)20-18-11-10-15-16(18)4-3-5-17(15)19/h3-9,12,18,20H,10-11H2,1-2H3/t12-,18?/m1/s1. The van der Waals surface area contributed by atoms with Gasteiger partial charge >= 0.3 is 0 Å².